The third-order valence-electron chi connectivity index (χ3n) is 6.05. The fourth-order valence-electron chi connectivity index (χ4n) is 4.54. The van der Waals surface area contributed by atoms with E-state index in [4.69, 9.17) is 12.2 Å². The van der Waals surface area contributed by atoms with Crippen LogP contribution in [-0.2, 0) is 10.0 Å². The second-order valence-corrected chi connectivity index (χ2v) is 11.7. The summed E-state index contributed by atoms with van der Waals surface area (Å²) in [6.45, 7) is 1.87. The number of hydrogen-bond acceptors (Lipinski definition) is 4. The van der Waals surface area contributed by atoms with Crippen molar-refractivity contribution in [1.82, 2.24) is 14.9 Å². The number of hydrogen-bond donors (Lipinski definition) is 2. The molecule has 0 unspecified atom stereocenters. The van der Waals surface area contributed by atoms with Crippen molar-refractivity contribution >= 4 is 54.7 Å². The fraction of sp³-hybridized carbons (Fsp3) is 0.154. The van der Waals surface area contributed by atoms with Crippen molar-refractivity contribution in [2.24, 2.45) is 0 Å². The summed E-state index contributed by atoms with van der Waals surface area (Å²) >= 11 is 9.44. The average molecular weight is 583 g/mol. The van der Waals surface area contributed by atoms with Crippen LogP contribution in [-0.4, -0.2) is 29.3 Å². The van der Waals surface area contributed by atoms with E-state index in [0.29, 0.717) is 10.8 Å². The number of halogens is 1. The van der Waals surface area contributed by atoms with Crippen LogP contribution in [0.15, 0.2) is 89.7 Å². The molecule has 1 fully saturated rings. The number of nitrogens with one attached hydrogen (secondary N) is 2. The Morgan fingerprint density at radius 2 is 1.86 bits per heavy atom. The van der Waals surface area contributed by atoms with E-state index >= 15 is 0 Å². The lowest BCUT2D eigenvalue weighted by Gasteiger charge is -2.29. The van der Waals surface area contributed by atoms with Crippen LogP contribution in [0.4, 0.5) is 11.4 Å². The van der Waals surface area contributed by atoms with Crippen molar-refractivity contribution in [3.63, 3.8) is 0 Å². The minimum absolute atomic E-state index is 0.200. The first-order valence-electron chi connectivity index (χ1n) is 11.2. The van der Waals surface area contributed by atoms with E-state index in [1.165, 1.54) is 0 Å². The smallest absolute Gasteiger partial charge is 0.229 e. The first kappa shape index (κ1) is 24.5. The molecule has 7 nitrogen and oxygen atoms in total. The molecule has 10 heteroatoms. The van der Waals surface area contributed by atoms with Gasteiger partial charge in [0, 0.05) is 33.9 Å². The molecule has 2 N–H and O–H groups in total. The maximum Gasteiger partial charge on any atom is 0.229 e. The molecule has 2 aromatic heterocycles. The maximum absolute atomic E-state index is 11.8. The zero-order valence-corrected chi connectivity index (χ0v) is 22.8. The minimum Gasteiger partial charge on any atom is -0.351 e. The van der Waals surface area contributed by atoms with Gasteiger partial charge in [0.25, 0.3) is 0 Å². The Bertz CT molecular complexity index is 1540. The van der Waals surface area contributed by atoms with Crippen LogP contribution in [0, 0.1) is 6.92 Å². The zero-order valence-electron chi connectivity index (χ0n) is 19.6. The van der Waals surface area contributed by atoms with Crippen molar-refractivity contribution in [3.05, 3.63) is 107 Å². The Kier molecular flexibility index (Phi) is 6.59. The molecule has 4 aromatic rings. The predicted molar refractivity (Wildman–Crippen MR) is 151 cm³/mol. The van der Waals surface area contributed by atoms with Crippen molar-refractivity contribution in [1.29, 1.82) is 0 Å². The summed E-state index contributed by atoms with van der Waals surface area (Å²) in [6, 6.07) is 23.3. The highest BCUT2D eigenvalue weighted by Crippen LogP contribution is 2.43. The second-order valence-electron chi connectivity index (χ2n) is 8.65. The molecule has 2 aromatic carbocycles. The van der Waals surface area contributed by atoms with E-state index in [9.17, 15) is 8.42 Å². The maximum atomic E-state index is 11.8. The van der Waals surface area contributed by atoms with E-state index in [1.54, 1.807) is 12.3 Å². The van der Waals surface area contributed by atoms with Crippen LogP contribution in [0.3, 0.4) is 0 Å². The van der Waals surface area contributed by atoms with E-state index in [1.807, 2.05) is 61.7 Å². The standard InChI is InChI=1S/C26H24BrN5O2S2/c1-17-15-20(11-12-21(17)30-36(2,33)34)32-25(24(29-26(32)35)22-9-3-4-13-28-22)23-10-6-14-31(23)19-8-5-7-18(27)16-19/h3-16,24-25,30H,1-2H3,(H,29,35)/t24-,25+/m1/s1. The number of thiocarbonyl (C=S) groups is 1. The van der Waals surface area contributed by atoms with Gasteiger partial charge in [0.2, 0.25) is 10.0 Å². The molecular formula is C26H24BrN5O2S2. The van der Waals surface area contributed by atoms with Gasteiger partial charge in [0.15, 0.2) is 5.11 Å². The molecule has 1 saturated heterocycles. The van der Waals surface area contributed by atoms with E-state index < -0.39 is 10.0 Å². The molecule has 0 radical (unpaired) electrons. The van der Waals surface area contributed by atoms with Gasteiger partial charge in [-0.25, -0.2) is 8.42 Å². The first-order chi connectivity index (χ1) is 17.2. The summed E-state index contributed by atoms with van der Waals surface area (Å²) < 4.78 is 29.3. The van der Waals surface area contributed by atoms with Gasteiger partial charge in [-0.15, -0.1) is 0 Å². The predicted octanol–water partition coefficient (Wildman–Crippen LogP) is 5.49. The largest absolute Gasteiger partial charge is 0.351 e. The van der Waals surface area contributed by atoms with Gasteiger partial charge < -0.3 is 14.8 Å². The molecule has 0 saturated carbocycles. The lowest BCUT2D eigenvalue weighted by Crippen LogP contribution is -2.30. The van der Waals surface area contributed by atoms with Gasteiger partial charge in [-0.05, 0) is 85.4 Å². The van der Waals surface area contributed by atoms with Crippen LogP contribution in [0.2, 0.25) is 0 Å². The SMILES string of the molecule is Cc1cc(N2C(=S)N[C@H](c3ccccn3)[C@@H]2c2cccn2-c2cccc(Br)c2)ccc1NS(C)(=O)=O. The number of benzene rings is 2. The second kappa shape index (κ2) is 9.68. The van der Waals surface area contributed by atoms with E-state index in [2.05, 4.69) is 58.6 Å². The summed E-state index contributed by atoms with van der Waals surface area (Å²) in [7, 11) is -3.39. The molecule has 0 bridgehead atoms. The molecule has 184 valence electrons. The third kappa shape index (κ3) is 4.88. The molecule has 5 rings (SSSR count). The minimum atomic E-state index is -3.39. The van der Waals surface area contributed by atoms with Gasteiger partial charge in [-0.3, -0.25) is 9.71 Å². The highest BCUT2D eigenvalue weighted by atomic mass is 79.9. The molecule has 1 aliphatic rings. The molecular weight excluding hydrogens is 558 g/mol. The number of aromatic nitrogens is 2. The Labute approximate surface area is 224 Å². The summed E-state index contributed by atoms with van der Waals surface area (Å²) in [5, 5.41) is 4.05. The molecule has 3 heterocycles. The van der Waals surface area contributed by atoms with Crippen LogP contribution in [0.5, 0.6) is 0 Å². The molecule has 2 atom stereocenters. The van der Waals surface area contributed by atoms with Crippen molar-refractivity contribution in [2.75, 3.05) is 15.9 Å². The average Bonchev–Trinajstić information content (AvgIpc) is 3.44. The Morgan fingerprint density at radius 1 is 1.03 bits per heavy atom. The topological polar surface area (TPSA) is 79.3 Å². The summed E-state index contributed by atoms with van der Waals surface area (Å²) in [5.41, 5.74) is 5.12. The highest BCUT2D eigenvalue weighted by Gasteiger charge is 2.42. The number of pyridine rings is 1. The molecule has 0 aliphatic carbocycles. The fourth-order valence-corrected chi connectivity index (χ4v) is 5.90. The van der Waals surface area contributed by atoms with Gasteiger partial charge in [-0.2, -0.15) is 0 Å². The normalized spacial score (nSPS) is 17.8. The van der Waals surface area contributed by atoms with Crippen molar-refractivity contribution in [2.45, 2.75) is 19.0 Å². The molecule has 0 spiro atoms. The summed E-state index contributed by atoms with van der Waals surface area (Å²) in [5.74, 6) is 0. The third-order valence-corrected chi connectivity index (χ3v) is 7.45. The lowest BCUT2D eigenvalue weighted by atomic mass is 10.0. The van der Waals surface area contributed by atoms with Crippen LogP contribution in [0.25, 0.3) is 5.69 Å². The number of rotatable bonds is 6. The summed E-state index contributed by atoms with van der Waals surface area (Å²) in [4.78, 5) is 6.71. The number of sulfonamides is 1. The zero-order chi connectivity index (χ0) is 25.4. The number of nitrogens with zero attached hydrogens (tertiary/aromatic N) is 3. The Hall–Kier alpha value is -3.21. The van der Waals surface area contributed by atoms with Crippen LogP contribution in [0.1, 0.15) is 29.0 Å². The monoisotopic (exact) mass is 581 g/mol. The molecule has 36 heavy (non-hydrogen) atoms. The van der Waals surface area contributed by atoms with Gasteiger partial charge in [0.05, 0.1) is 23.7 Å². The van der Waals surface area contributed by atoms with Gasteiger partial charge >= 0.3 is 0 Å². The van der Waals surface area contributed by atoms with Gasteiger partial charge in [0.1, 0.15) is 6.04 Å². The van der Waals surface area contributed by atoms with Crippen molar-refractivity contribution < 1.29 is 8.42 Å². The Balaban J connectivity index is 1.64. The molecule has 0 amide bonds. The van der Waals surface area contributed by atoms with Crippen LogP contribution >= 0.6 is 28.1 Å². The Morgan fingerprint density at radius 3 is 2.56 bits per heavy atom. The lowest BCUT2D eigenvalue weighted by molar-refractivity contribution is 0.549. The van der Waals surface area contributed by atoms with E-state index in [0.717, 1.165) is 39.1 Å². The van der Waals surface area contributed by atoms with E-state index in [-0.39, 0.29) is 12.1 Å². The number of anilines is 2. The van der Waals surface area contributed by atoms with Gasteiger partial charge in [-0.1, -0.05) is 28.1 Å². The highest BCUT2D eigenvalue weighted by molar-refractivity contribution is 9.10. The summed E-state index contributed by atoms with van der Waals surface area (Å²) in [6.07, 6.45) is 4.96. The molecule has 1 aliphatic heterocycles. The number of aryl methyl sites for hydroxylation is 1. The van der Waals surface area contributed by atoms with Crippen molar-refractivity contribution in [3.8, 4) is 5.69 Å². The van der Waals surface area contributed by atoms with Crippen LogP contribution < -0.4 is 14.9 Å². The first-order valence-corrected chi connectivity index (χ1v) is 14.3. The quantitative estimate of drug-likeness (QED) is 0.293.